The van der Waals surface area contributed by atoms with Gasteiger partial charge in [-0.25, -0.2) is 9.97 Å². The van der Waals surface area contributed by atoms with E-state index in [4.69, 9.17) is 19.9 Å². The lowest BCUT2D eigenvalue weighted by Crippen LogP contribution is -2.25. The summed E-state index contributed by atoms with van der Waals surface area (Å²) in [4.78, 5) is 20.1. The van der Waals surface area contributed by atoms with Crippen LogP contribution < -0.4 is 31.9 Å². The predicted octanol–water partition coefficient (Wildman–Crippen LogP) is 10.6. The standard InChI is InChI=1S/C58H78N10/c1-11-45-51-31-59-27-41-19-17-21-43(67-41)29-61-33-53-46(12-2)54(50(16-6)56(49(53)15-5)36-64-58-26-38(8)24-40(10)66-58)34-62-30-44-22-18-20-42(68-44)28-60-32-52(45)48(14-4)55(47(51)13-3)35-63-57-25-37(7)23-39(9)65-57/h17-26,59-62H,11-16,27-36H2,1-10H3,(H,63,65)(H,64,66). The van der Waals surface area contributed by atoms with Crippen LogP contribution in [0, 0.1) is 27.7 Å². The molecule has 6 N–H and O–H groups in total. The minimum Gasteiger partial charge on any atom is -0.366 e. The highest BCUT2D eigenvalue weighted by atomic mass is 15.0. The first-order chi connectivity index (χ1) is 33.1. The number of aryl methyl sites for hydroxylation is 4. The molecule has 5 heterocycles. The van der Waals surface area contributed by atoms with E-state index < -0.39 is 0 Å². The van der Waals surface area contributed by atoms with Crippen molar-refractivity contribution >= 4 is 11.6 Å². The van der Waals surface area contributed by atoms with Crippen LogP contribution in [0.3, 0.4) is 0 Å². The fourth-order valence-electron chi connectivity index (χ4n) is 11.0. The molecule has 7 rings (SSSR count). The molecule has 0 amide bonds. The number of nitrogens with zero attached hydrogens (tertiary/aromatic N) is 4. The number of fused-ring (bicyclic) bond motifs is 8. The molecule has 0 radical (unpaired) electrons. The molecule has 0 saturated heterocycles. The molecule has 8 bridgehead atoms. The highest BCUT2D eigenvalue weighted by Crippen LogP contribution is 2.34. The summed E-state index contributed by atoms with van der Waals surface area (Å²) in [6, 6.07) is 21.5. The van der Waals surface area contributed by atoms with E-state index in [1.807, 2.05) is 0 Å². The van der Waals surface area contributed by atoms with Gasteiger partial charge in [0.25, 0.3) is 0 Å². The number of nitrogens with one attached hydrogen (secondary N) is 6. The molecule has 0 aliphatic carbocycles. The summed E-state index contributed by atoms with van der Waals surface area (Å²) in [5, 5.41) is 23.0. The Morgan fingerprint density at radius 1 is 0.368 bits per heavy atom. The van der Waals surface area contributed by atoms with Crippen LogP contribution in [0.4, 0.5) is 11.6 Å². The van der Waals surface area contributed by atoms with Gasteiger partial charge < -0.3 is 31.9 Å². The summed E-state index contributed by atoms with van der Waals surface area (Å²) in [5.41, 5.74) is 25.8. The first kappa shape index (κ1) is 50.4. The summed E-state index contributed by atoms with van der Waals surface area (Å²) in [5.74, 6) is 1.86. The maximum Gasteiger partial charge on any atom is 0.126 e. The Labute approximate surface area is 407 Å². The molecule has 0 fully saturated rings. The number of aromatic nitrogens is 4. The fourth-order valence-corrected chi connectivity index (χ4v) is 11.0. The van der Waals surface area contributed by atoms with Crippen molar-refractivity contribution in [3.63, 3.8) is 0 Å². The van der Waals surface area contributed by atoms with E-state index in [9.17, 15) is 0 Å². The number of benzene rings is 2. The zero-order chi connectivity index (χ0) is 48.2. The van der Waals surface area contributed by atoms with E-state index in [1.165, 1.54) is 77.9 Å². The minimum atomic E-state index is 0.686. The smallest absolute Gasteiger partial charge is 0.126 e. The van der Waals surface area contributed by atoms with Crippen molar-refractivity contribution in [2.45, 2.75) is 173 Å². The predicted molar refractivity (Wildman–Crippen MR) is 282 cm³/mol. The molecule has 360 valence electrons. The van der Waals surface area contributed by atoms with Crippen LogP contribution in [-0.2, 0) is 104 Å². The van der Waals surface area contributed by atoms with Gasteiger partial charge in [0, 0.05) is 76.8 Å². The molecule has 0 saturated carbocycles. The zero-order valence-corrected chi connectivity index (χ0v) is 42.9. The van der Waals surface area contributed by atoms with E-state index in [1.54, 1.807) is 0 Å². The van der Waals surface area contributed by atoms with Crippen LogP contribution in [0.1, 0.15) is 154 Å². The van der Waals surface area contributed by atoms with Crippen LogP contribution >= 0.6 is 0 Å². The van der Waals surface area contributed by atoms with Gasteiger partial charge >= 0.3 is 0 Å². The molecule has 1 aliphatic heterocycles. The van der Waals surface area contributed by atoms with Crippen LogP contribution in [-0.4, -0.2) is 19.9 Å². The van der Waals surface area contributed by atoms with Crippen molar-refractivity contribution in [1.82, 2.24) is 41.2 Å². The lowest BCUT2D eigenvalue weighted by atomic mass is 9.83. The lowest BCUT2D eigenvalue weighted by Gasteiger charge is -2.27. The quantitative estimate of drug-likeness (QED) is 0.0707. The average Bonchev–Trinajstić information content (AvgIpc) is 3.32. The molecule has 68 heavy (non-hydrogen) atoms. The SMILES string of the molecule is CCc1c2c(CC)c(CNc3cc(C)cc(C)n3)c(CC)c1CNCc1cccc(n1)CNCc1c(CC)c(c(CC)c(CNc3cc(C)cc(C)n3)c1CC)CNCc1cccc(n1)CNC2. The third-order valence-corrected chi connectivity index (χ3v) is 13.7. The molecule has 10 nitrogen and oxygen atoms in total. The molecule has 0 unspecified atom stereocenters. The molecule has 10 heteroatoms. The van der Waals surface area contributed by atoms with Crippen LogP contribution in [0.5, 0.6) is 0 Å². The van der Waals surface area contributed by atoms with E-state index in [-0.39, 0.29) is 0 Å². The first-order valence-electron chi connectivity index (χ1n) is 25.5. The summed E-state index contributed by atoms with van der Waals surface area (Å²) in [6.07, 6.45) is 5.74. The highest BCUT2D eigenvalue weighted by Gasteiger charge is 2.24. The molecule has 6 aromatic rings. The van der Waals surface area contributed by atoms with Gasteiger partial charge in [0.05, 0.1) is 22.8 Å². The van der Waals surface area contributed by atoms with Gasteiger partial charge in [-0.15, -0.1) is 0 Å². The Morgan fingerprint density at radius 2 is 0.662 bits per heavy atom. The second-order valence-corrected chi connectivity index (χ2v) is 18.6. The number of pyridine rings is 4. The Hall–Kier alpha value is -5.52. The van der Waals surface area contributed by atoms with Gasteiger partial charge in [0.2, 0.25) is 0 Å². The molecular formula is C58H78N10. The Balaban J connectivity index is 1.25. The minimum absolute atomic E-state index is 0.686. The number of anilines is 2. The van der Waals surface area contributed by atoms with Gasteiger partial charge in [-0.3, -0.25) is 9.97 Å². The second kappa shape index (κ2) is 24.2. The third-order valence-electron chi connectivity index (χ3n) is 13.7. The van der Waals surface area contributed by atoms with Crippen LogP contribution in [0.25, 0.3) is 0 Å². The molecule has 2 aromatic carbocycles. The van der Waals surface area contributed by atoms with Crippen molar-refractivity contribution in [1.29, 1.82) is 0 Å². The lowest BCUT2D eigenvalue weighted by molar-refractivity contribution is 0.630. The summed E-state index contributed by atoms with van der Waals surface area (Å²) < 4.78 is 0. The average molecular weight is 915 g/mol. The van der Waals surface area contributed by atoms with E-state index in [2.05, 4.69) is 162 Å². The molecule has 0 atom stereocenters. The van der Waals surface area contributed by atoms with E-state index in [0.717, 1.165) is 124 Å². The largest absolute Gasteiger partial charge is 0.366 e. The Kier molecular flexibility index (Phi) is 17.9. The monoisotopic (exact) mass is 915 g/mol. The van der Waals surface area contributed by atoms with Crippen molar-refractivity contribution in [3.05, 3.63) is 173 Å². The van der Waals surface area contributed by atoms with Crippen LogP contribution in [0.2, 0.25) is 0 Å². The van der Waals surface area contributed by atoms with Crippen LogP contribution in [0.15, 0.2) is 60.7 Å². The summed E-state index contributed by atoms with van der Waals surface area (Å²) >= 11 is 0. The van der Waals surface area contributed by atoms with Gasteiger partial charge in [0.15, 0.2) is 0 Å². The first-order valence-corrected chi connectivity index (χ1v) is 25.5. The van der Waals surface area contributed by atoms with Gasteiger partial charge in [-0.1, -0.05) is 53.7 Å². The topological polar surface area (TPSA) is 124 Å². The normalized spacial score (nSPS) is 13.8. The van der Waals surface area contributed by atoms with Gasteiger partial charge in [-0.05, 0) is 193 Å². The van der Waals surface area contributed by atoms with Crippen molar-refractivity contribution in [2.24, 2.45) is 0 Å². The van der Waals surface area contributed by atoms with Gasteiger partial charge in [-0.2, -0.15) is 0 Å². The summed E-state index contributed by atoms with van der Waals surface area (Å²) in [6.45, 7) is 29.6. The molecule has 4 aromatic heterocycles. The number of hydrogen-bond donors (Lipinski definition) is 6. The number of hydrogen-bond acceptors (Lipinski definition) is 10. The molecular weight excluding hydrogens is 837 g/mol. The molecule has 0 spiro atoms. The number of rotatable bonds is 12. The van der Waals surface area contributed by atoms with Crippen molar-refractivity contribution in [2.75, 3.05) is 10.6 Å². The Bertz CT molecular complexity index is 2340. The van der Waals surface area contributed by atoms with E-state index in [0.29, 0.717) is 26.2 Å². The van der Waals surface area contributed by atoms with Crippen molar-refractivity contribution in [3.8, 4) is 0 Å². The second-order valence-electron chi connectivity index (χ2n) is 18.6. The molecule has 1 aliphatic rings. The zero-order valence-electron chi connectivity index (χ0n) is 42.9. The van der Waals surface area contributed by atoms with E-state index >= 15 is 0 Å². The Morgan fingerprint density at radius 3 is 0.926 bits per heavy atom. The highest BCUT2D eigenvalue weighted by molar-refractivity contribution is 5.56. The maximum absolute atomic E-state index is 5.21. The summed E-state index contributed by atoms with van der Waals surface area (Å²) in [7, 11) is 0. The maximum atomic E-state index is 5.21. The fraction of sp³-hybridized carbons (Fsp3) is 0.448. The van der Waals surface area contributed by atoms with Gasteiger partial charge in [0.1, 0.15) is 11.6 Å². The third kappa shape index (κ3) is 12.2. The van der Waals surface area contributed by atoms with Crippen molar-refractivity contribution < 1.29 is 0 Å².